The van der Waals surface area contributed by atoms with Crippen molar-refractivity contribution in [1.29, 1.82) is 0 Å². The van der Waals surface area contributed by atoms with Crippen molar-refractivity contribution in [3.8, 4) is 0 Å². The number of ether oxygens (including phenoxy) is 1. The molecule has 7 nitrogen and oxygen atoms in total. The molecule has 2 aromatic rings. The minimum absolute atomic E-state index is 0.0477. The first-order chi connectivity index (χ1) is 13.9. The number of likely N-dealkylation sites (N-methyl/N-ethyl adjacent to an activating group) is 1. The Bertz CT molecular complexity index is 1000. The summed E-state index contributed by atoms with van der Waals surface area (Å²) < 4.78 is 6.97. The first kappa shape index (κ1) is 20.1. The zero-order chi connectivity index (χ0) is 20.5. The van der Waals surface area contributed by atoms with Gasteiger partial charge in [-0.2, -0.15) is 0 Å². The van der Waals surface area contributed by atoms with Crippen molar-refractivity contribution in [2.75, 3.05) is 31.6 Å². The van der Waals surface area contributed by atoms with Gasteiger partial charge in [-0.15, -0.1) is 0 Å². The number of nitrogens with one attached hydrogen (secondary N) is 2. The molecule has 2 N–H and O–H groups in total. The number of aromatic amines is 1. The standard InChI is InChI=1S/C20H22Cl2N4O3/c1-25-10-13(12-5-14(21)8-15(22)6-12)7-17-19(25)26(20(28)24-17)11-18(27)23-9-16-3-2-4-29-16/h5-8,16H,2-4,9-11H2,1H3,(H,23,27)(H,24,28)/t16-/m0/s1. The first-order valence-electron chi connectivity index (χ1n) is 9.50. The summed E-state index contributed by atoms with van der Waals surface area (Å²) in [5.41, 5.74) is 2.20. The lowest BCUT2D eigenvalue weighted by molar-refractivity contribution is -0.122. The Morgan fingerprint density at radius 2 is 2.07 bits per heavy atom. The van der Waals surface area contributed by atoms with Gasteiger partial charge in [0.2, 0.25) is 5.91 Å². The molecule has 0 unspecified atom stereocenters. The van der Waals surface area contributed by atoms with Crippen LogP contribution in [0.1, 0.15) is 24.1 Å². The minimum atomic E-state index is -0.323. The average Bonchev–Trinajstić information content (AvgIpc) is 3.27. The zero-order valence-corrected chi connectivity index (χ0v) is 17.5. The van der Waals surface area contributed by atoms with Gasteiger partial charge in [-0.1, -0.05) is 23.2 Å². The van der Waals surface area contributed by atoms with Crippen molar-refractivity contribution in [2.24, 2.45) is 0 Å². The van der Waals surface area contributed by atoms with E-state index in [-0.39, 0.29) is 24.2 Å². The third-order valence-corrected chi connectivity index (χ3v) is 5.59. The molecule has 1 atom stereocenters. The number of hydrogen-bond acceptors (Lipinski definition) is 4. The van der Waals surface area contributed by atoms with Crippen LogP contribution < -0.4 is 15.9 Å². The topological polar surface area (TPSA) is 79.4 Å². The van der Waals surface area contributed by atoms with Crippen LogP contribution in [0.3, 0.4) is 0 Å². The Morgan fingerprint density at radius 1 is 1.31 bits per heavy atom. The molecule has 0 saturated carbocycles. The fraction of sp³-hybridized carbons (Fsp3) is 0.400. The van der Waals surface area contributed by atoms with Crippen molar-refractivity contribution in [3.63, 3.8) is 0 Å². The normalized spacial score (nSPS) is 18.5. The third kappa shape index (κ3) is 4.37. The smallest absolute Gasteiger partial charge is 0.328 e. The van der Waals surface area contributed by atoms with E-state index in [9.17, 15) is 9.59 Å². The van der Waals surface area contributed by atoms with Gasteiger partial charge in [0.25, 0.3) is 0 Å². The molecule has 0 radical (unpaired) electrons. The van der Waals surface area contributed by atoms with Gasteiger partial charge in [0.15, 0.2) is 0 Å². The Morgan fingerprint density at radius 3 is 2.76 bits per heavy atom. The summed E-state index contributed by atoms with van der Waals surface area (Å²) in [6.07, 6.45) is 3.93. The highest BCUT2D eigenvalue weighted by molar-refractivity contribution is 6.35. The monoisotopic (exact) mass is 436 g/mol. The van der Waals surface area contributed by atoms with E-state index in [2.05, 4.69) is 10.3 Å². The molecule has 3 heterocycles. The molecule has 154 valence electrons. The van der Waals surface area contributed by atoms with E-state index in [0.717, 1.165) is 30.6 Å². The number of benzene rings is 1. The largest absolute Gasteiger partial charge is 0.376 e. The summed E-state index contributed by atoms with van der Waals surface area (Å²) in [5, 5.41) is 3.96. The number of amides is 1. The number of H-pyrrole nitrogens is 1. The van der Waals surface area contributed by atoms with Gasteiger partial charge in [-0.05, 0) is 48.3 Å². The molecule has 4 rings (SSSR count). The number of nitrogens with zero attached hydrogens (tertiary/aromatic N) is 2. The number of halogens is 2. The number of imidazole rings is 1. The number of carbonyl (C=O) groups is 1. The molecule has 1 aromatic heterocycles. The summed E-state index contributed by atoms with van der Waals surface area (Å²) in [7, 11) is 1.88. The lowest BCUT2D eigenvalue weighted by atomic mass is 10.0. The molecule has 1 fully saturated rings. The molecule has 0 spiro atoms. The van der Waals surface area contributed by atoms with Crippen LogP contribution in [-0.4, -0.2) is 48.3 Å². The number of anilines is 1. The van der Waals surface area contributed by atoms with E-state index in [1.165, 1.54) is 4.57 Å². The zero-order valence-electron chi connectivity index (χ0n) is 16.0. The van der Waals surface area contributed by atoms with Crippen LogP contribution in [0.5, 0.6) is 0 Å². The fourth-order valence-corrected chi connectivity index (χ4v) is 4.36. The molecule has 9 heteroatoms. The maximum Gasteiger partial charge on any atom is 0.328 e. The van der Waals surface area contributed by atoms with E-state index < -0.39 is 0 Å². The molecule has 0 bridgehead atoms. The van der Waals surface area contributed by atoms with Crippen LogP contribution in [0.2, 0.25) is 10.0 Å². The van der Waals surface area contributed by atoms with Crippen molar-refractivity contribution in [3.05, 3.63) is 50.0 Å². The van der Waals surface area contributed by atoms with E-state index in [1.807, 2.05) is 30.2 Å². The van der Waals surface area contributed by atoms with E-state index in [4.69, 9.17) is 27.9 Å². The number of carbonyl (C=O) groups excluding carboxylic acids is 1. The van der Waals surface area contributed by atoms with Gasteiger partial charge in [0.1, 0.15) is 12.4 Å². The summed E-state index contributed by atoms with van der Waals surface area (Å²) >= 11 is 12.3. The lowest BCUT2D eigenvalue weighted by Gasteiger charge is -2.27. The number of fused-ring (bicyclic) bond motifs is 1. The maximum absolute atomic E-state index is 12.5. The van der Waals surface area contributed by atoms with Gasteiger partial charge in [0.05, 0.1) is 11.8 Å². The molecule has 2 aliphatic rings. The molecule has 0 aliphatic carbocycles. The predicted octanol–water partition coefficient (Wildman–Crippen LogP) is 2.77. The first-order valence-corrected chi connectivity index (χ1v) is 10.3. The highest BCUT2D eigenvalue weighted by Crippen LogP contribution is 2.32. The molecule has 1 aromatic carbocycles. The van der Waals surface area contributed by atoms with Gasteiger partial charge in [-0.3, -0.25) is 9.36 Å². The van der Waals surface area contributed by atoms with E-state index in [0.29, 0.717) is 34.6 Å². The molecular formula is C20H22Cl2N4O3. The highest BCUT2D eigenvalue weighted by Gasteiger charge is 2.24. The van der Waals surface area contributed by atoms with Crippen molar-refractivity contribution < 1.29 is 9.53 Å². The molecule has 1 saturated heterocycles. The van der Waals surface area contributed by atoms with Crippen LogP contribution in [0, 0.1) is 0 Å². The van der Waals surface area contributed by atoms with Crippen LogP contribution in [0.25, 0.3) is 11.6 Å². The second-order valence-electron chi connectivity index (χ2n) is 7.38. The molecule has 1 amide bonds. The number of rotatable bonds is 5. The number of hydrogen-bond donors (Lipinski definition) is 2. The van der Waals surface area contributed by atoms with Crippen LogP contribution in [0.15, 0.2) is 23.0 Å². The Kier molecular flexibility index (Phi) is 5.72. The maximum atomic E-state index is 12.5. The average molecular weight is 437 g/mol. The van der Waals surface area contributed by atoms with Gasteiger partial charge < -0.3 is 19.9 Å². The van der Waals surface area contributed by atoms with Gasteiger partial charge in [-0.25, -0.2) is 4.79 Å². The fourth-order valence-electron chi connectivity index (χ4n) is 3.84. The summed E-state index contributed by atoms with van der Waals surface area (Å²) in [4.78, 5) is 29.7. The van der Waals surface area contributed by atoms with Gasteiger partial charge in [0, 0.05) is 36.8 Å². The van der Waals surface area contributed by atoms with Crippen LogP contribution >= 0.6 is 23.2 Å². The Balaban J connectivity index is 1.55. The summed E-state index contributed by atoms with van der Waals surface area (Å²) in [6.45, 7) is 1.71. The van der Waals surface area contributed by atoms with E-state index in [1.54, 1.807) is 6.07 Å². The second kappa shape index (κ2) is 8.26. The lowest BCUT2D eigenvalue weighted by Crippen LogP contribution is -2.37. The third-order valence-electron chi connectivity index (χ3n) is 5.16. The van der Waals surface area contributed by atoms with Crippen molar-refractivity contribution in [1.82, 2.24) is 14.9 Å². The van der Waals surface area contributed by atoms with E-state index >= 15 is 0 Å². The highest BCUT2D eigenvalue weighted by atomic mass is 35.5. The van der Waals surface area contributed by atoms with Crippen LogP contribution in [-0.2, 0) is 16.1 Å². The Hall–Kier alpha value is -2.22. The van der Waals surface area contributed by atoms with Gasteiger partial charge >= 0.3 is 5.69 Å². The minimum Gasteiger partial charge on any atom is -0.376 e. The molecular weight excluding hydrogens is 415 g/mol. The quantitative estimate of drug-likeness (QED) is 0.754. The molecule has 2 aliphatic heterocycles. The van der Waals surface area contributed by atoms with Crippen molar-refractivity contribution >= 4 is 46.6 Å². The second-order valence-corrected chi connectivity index (χ2v) is 8.25. The number of aromatic nitrogens is 2. The summed E-state index contributed by atoms with van der Waals surface area (Å²) in [5.74, 6) is 0.466. The Labute approximate surface area is 178 Å². The SMILES string of the molecule is CN1CC(c2cc(Cl)cc(Cl)c2)=Cc2[nH]c(=O)n(CC(=O)NC[C@@H]3CCCO3)c21. The summed E-state index contributed by atoms with van der Waals surface area (Å²) in [6, 6.07) is 5.36. The van der Waals surface area contributed by atoms with Crippen molar-refractivity contribution in [2.45, 2.75) is 25.5 Å². The molecule has 29 heavy (non-hydrogen) atoms. The predicted molar refractivity (Wildman–Crippen MR) is 115 cm³/mol. The van der Waals surface area contributed by atoms with Crippen LogP contribution in [0.4, 0.5) is 5.82 Å².